The maximum atomic E-state index is 12.6. The Morgan fingerprint density at radius 2 is 1.80 bits per heavy atom. The molecule has 1 atom stereocenters. The summed E-state index contributed by atoms with van der Waals surface area (Å²) in [5.74, 6) is -1.81. The van der Waals surface area contributed by atoms with Crippen molar-refractivity contribution >= 4 is 17.8 Å². The Hall–Kier alpha value is -4.08. The van der Waals surface area contributed by atoms with E-state index in [1.807, 2.05) is 30.3 Å². The molecule has 0 aliphatic rings. The van der Waals surface area contributed by atoms with E-state index in [4.69, 9.17) is 9.47 Å². The first-order valence-corrected chi connectivity index (χ1v) is 8.98. The van der Waals surface area contributed by atoms with Crippen LogP contribution in [0, 0.1) is 0 Å². The Labute approximate surface area is 171 Å². The summed E-state index contributed by atoms with van der Waals surface area (Å²) in [6.07, 6.45) is 1.56. The number of imide groups is 1. The molecule has 10 heteroatoms. The highest BCUT2D eigenvalue weighted by molar-refractivity contribution is 6.06. The van der Waals surface area contributed by atoms with E-state index in [1.165, 1.54) is 24.2 Å². The number of carbonyl (C=O) groups excluding carboxylic acids is 3. The predicted molar refractivity (Wildman–Crippen MR) is 103 cm³/mol. The topological polar surface area (TPSA) is 125 Å². The molecular weight excluding hydrogens is 390 g/mol. The number of aromatic nitrogens is 4. The first-order valence-electron chi connectivity index (χ1n) is 8.98. The predicted octanol–water partition coefficient (Wildman–Crippen LogP) is 0.965. The number of nitrogens with zero attached hydrogens (tertiary/aromatic N) is 4. The second-order valence-corrected chi connectivity index (χ2v) is 6.18. The number of para-hydroxylation sites is 1. The van der Waals surface area contributed by atoms with Crippen LogP contribution >= 0.6 is 0 Å². The quantitative estimate of drug-likeness (QED) is 0.546. The van der Waals surface area contributed by atoms with Crippen LogP contribution in [0.5, 0.6) is 5.75 Å². The van der Waals surface area contributed by atoms with Crippen molar-refractivity contribution in [1.29, 1.82) is 0 Å². The highest BCUT2D eigenvalue weighted by atomic mass is 16.5. The molecule has 30 heavy (non-hydrogen) atoms. The van der Waals surface area contributed by atoms with Gasteiger partial charge in [-0.3, -0.25) is 14.9 Å². The smallest absolute Gasteiger partial charge is 0.331 e. The summed E-state index contributed by atoms with van der Waals surface area (Å²) in [6, 6.07) is 14.8. The number of amides is 2. The number of benzene rings is 2. The number of hydrogen-bond donors (Lipinski definition) is 1. The van der Waals surface area contributed by atoms with Crippen LogP contribution in [0.4, 0.5) is 0 Å². The largest absolute Gasteiger partial charge is 0.496 e. The fourth-order valence-corrected chi connectivity index (χ4v) is 2.73. The number of carbonyl (C=O) groups is 3. The summed E-state index contributed by atoms with van der Waals surface area (Å²) in [5, 5.41) is 13.0. The molecule has 0 bridgehead atoms. The lowest BCUT2D eigenvalue weighted by molar-refractivity contribution is -0.152. The van der Waals surface area contributed by atoms with Gasteiger partial charge in [0.25, 0.3) is 11.8 Å². The SMILES string of the molecule is COc1ccccc1C(=O)NC(=O)COC(=O)[C@@H](Cc1ccccc1)n1cnnn1. The Bertz CT molecular complexity index is 1010. The molecule has 10 nitrogen and oxygen atoms in total. The summed E-state index contributed by atoms with van der Waals surface area (Å²) in [4.78, 5) is 36.9. The van der Waals surface area contributed by atoms with Crippen molar-refractivity contribution < 1.29 is 23.9 Å². The van der Waals surface area contributed by atoms with Crippen LogP contribution in [-0.4, -0.2) is 51.7 Å². The third kappa shape index (κ3) is 5.25. The maximum Gasteiger partial charge on any atom is 0.331 e. The second kappa shape index (κ2) is 9.92. The zero-order valence-corrected chi connectivity index (χ0v) is 16.1. The van der Waals surface area contributed by atoms with Crippen molar-refractivity contribution in [3.63, 3.8) is 0 Å². The fourth-order valence-electron chi connectivity index (χ4n) is 2.73. The highest BCUT2D eigenvalue weighted by Gasteiger charge is 2.25. The molecule has 0 aliphatic heterocycles. The highest BCUT2D eigenvalue weighted by Crippen LogP contribution is 2.17. The number of nitrogens with one attached hydrogen (secondary N) is 1. The van der Waals surface area contributed by atoms with Gasteiger partial charge in [0.2, 0.25) is 0 Å². The molecule has 3 aromatic rings. The Kier molecular flexibility index (Phi) is 6.83. The van der Waals surface area contributed by atoms with Crippen LogP contribution in [0.1, 0.15) is 22.0 Å². The van der Waals surface area contributed by atoms with E-state index in [-0.39, 0.29) is 12.0 Å². The molecule has 2 aromatic carbocycles. The number of rotatable bonds is 8. The molecule has 0 fully saturated rings. The van der Waals surface area contributed by atoms with Crippen molar-refractivity contribution in [2.75, 3.05) is 13.7 Å². The first-order chi connectivity index (χ1) is 14.6. The summed E-state index contributed by atoms with van der Waals surface area (Å²) < 4.78 is 11.5. The van der Waals surface area contributed by atoms with Gasteiger partial charge in [-0.25, -0.2) is 9.48 Å². The van der Waals surface area contributed by atoms with Gasteiger partial charge >= 0.3 is 5.97 Å². The van der Waals surface area contributed by atoms with Gasteiger partial charge in [-0.15, -0.1) is 5.10 Å². The van der Waals surface area contributed by atoms with Crippen LogP contribution in [0.2, 0.25) is 0 Å². The van der Waals surface area contributed by atoms with E-state index in [0.29, 0.717) is 5.75 Å². The third-order valence-electron chi connectivity index (χ3n) is 4.18. The molecule has 0 aliphatic carbocycles. The molecule has 1 heterocycles. The van der Waals surface area contributed by atoms with Gasteiger partial charge in [-0.2, -0.15) is 0 Å². The summed E-state index contributed by atoms with van der Waals surface area (Å²) in [5.41, 5.74) is 1.06. The molecule has 0 radical (unpaired) electrons. The van der Waals surface area contributed by atoms with Crippen molar-refractivity contribution in [3.05, 3.63) is 72.1 Å². The summed E-state index contributed by atoms with van der Waals surface area (Å²) in [7, 11) is 1.42. The van der Waals surface area contributed by atoms with Gasteiger partial charge < -0.3 is 9.47 Å². The molecule has 0 unspecified atom stereocenters. The van der Waals surface area contributed by atoms with Gasteiger partial charge in [0.15, 0.2) is 12.6 Å². The average molecular weight is 409 g/mol. The molecule has 2 amide bonds. The maximum absolute atomic E-state index is 12.6. The average Bonchev–Trinajstić information content (AvgIpc) is 3.31. The zero-order chi connectivity index (χ0) is 21.3. The van der Waals surface area contributed by atoms with Gasteiger partial charge in [-0.05, 0) is 28.1 Å². The van der Waals surface area contributed by atoms with E-state index in [9.17, 15) is 14.4 Å². The Morgan fingerprint density at radius 1 is 1.07 bits per heavy atom. The number of methoxy groups -OCH3 is 1. The van der Waals surface area contributed by atoms with Crippen molar-refractivity contribution in [1.82, 2.24) is 25.5 Å². The second-order valence-electron chi connectivity index (χ2n) is 6.18. The molecular formula is C20H19N5O5. The van der Waals surface area contributed by atoms with Crippen molar-refractivity contribution in [3.8, 4) is 5.75 Å². The van der Waals surface area contributed by atoms with Gasteiger partial charge in [0.05, 0.1) is 12.7 Å². The Morgan fingerprint density at radius 3 is 2.50 bits per heavy atom. The van der Waals surface area contributed by atoms with E-state index in [0.717, 1.165) is 5.56 Å². The fraction of sp³-hybridized carbons (Fsp3) is 0.200. The van der Waals surface area contributed by atoms with Crippen LogP contribution in [-0.2, 0) is 20.7 Å². The minimum absolute atomic E-state index is 0.190. The molecule has 1 aromatic heterocycles. The van der Waals surface area contributed by atoms with Crippen molar-refractivity contribution in [2.24, 2.45) is 0 Å². The van der Waals surface area contributed by atoms with Gasteiger partial charge in [0.1, 0.15) is 12.1 Å². The lowest BCUT2D eigenvalue weighted by Gasteiger charge is -2.15. The lowest BCUT2D eigenvalue weighted by atomic mass is 10.1. The van der Waals surface area contributed by atoms with Crippen LogP contribution in [0.25, 0.3) is 0 Å². The van der Waals surface area contributed by atoms with E-state index >= 15 is 0 Å². The molecule has 0 saturated carbocycles. The number of hydrogen-bond acceptors (Lipinski definition) is 8. The van der Waals surface area contributed by atoms with Crippen LogP contribution in [0.15, 0.2) is 60.9 Å². The number of ether oxygens (including phenoxy) is 2. The van der Waals surface area contributed by atoms with Crippen molar-refractivity contribution in [2.45, 2.75) is 12.5 Å². The van der Waals surface area contributed by atoms with E-state index in [2.05, 4.69) is 20.8 Å². The van der Waals surface area contributed by atoms with E-state index in [1.54, 1.807) is 18.2 Å². The normalized spacial score (nSPS) is 11.4. The van der Waals surface area contributed by atoms with Gasteiger partial charge in [-0.1, -0.05) is 42.5 Å². The molecule has 0 spiro atoms. The molecule has 0 saturated heterocycles. The minimum Gasteiger partial charge on any atom is -0.496 e. The standard InChI is InChI=1S/C20H19N5O5/c1-29-17-10-6-5-9-15(17)19(27)22-18(26)12-30-20(28)16(25-13-21-23-24-25)11-14-7-3-2-4-8-14/h2-10,13,16H,11-12H2,1H3,(H,22,26,27)/t16-/m1/s1. The number of esters is 1. The third-order valence-corrected chi connectivity index (χ3v) is 4.18. The monoisotopic (exact) mass is 409 g/mol. The minimum atomic E-state index is -0.861. The summed E-state index contributed by atoms with van der Waals surface area (Å²) in [6.45, 7) is -0.632. The zero-order valence-electron chi connectivity index (χ0n) is 16.1. The van der Waals surface area contributed by atoms with Crippen LogP contribution < -0.4 is 10.1 Å². The Balaban J connectivity index is 1.60. The lowest BCUT2D eigenvalue weighted by Crippen LogP contribution is -2.35. The molecule has 1 N–H and O–H groups in total. The van der Waals surface area contributed by atoms with Gasteiger partial charge in [0, 0.05) is 6.42 Å². The number of tetrazole rings is 1. The molecule has 154 valence electrons. The summed E-state index contributed by atoms with van der Waals surface area (Å²) >= 11 is 0. The first kappa shape index (κ1) is 20.6. The van der Waals surface area contributed by atoms with E-state index < -0.39 is 30.4 Å². The van der Waals surface area contributed by atoms with Crippen LogP contribution in [0.3, 0.4) is 0 Å². The molecule has 3 rings (SSSR count).